The Hall–Kier alpha value is -12.5. The number of ether oxygens (including phenoxy) is 2. The van der Waals surface area contributed by atoms with E-state index in [0.29, 0.717) is 45.7 Å². The Morgan fingerprint density at radius 1 is 0.304 bits per heavy atom. The molecule has 14 aromatic rings. The van der Waals surface area contributed by atoms with Gasteiger partial charge >= 0.3 is 0 Å². The molecule has 16 rings (SSSR count). The molecule has 2 unspecified atom stereocenters. The Balaban J connectivity index is 0.786. The molecule has 4 nitrogen and oxygen atoms in total. The predicted molar refractivity (Wildman–Crippen MR) is 408 cm³/mol. The number of hydrogen-bond donors (Lipinski definition) is 0. The minimum absolute atomic E-state index is 0.160. The lowest BCUT2D eigenvalue weighted by molar-refractivity contribution is 0.482. The Morgan fingerprint density at radius 2 is 0.647 bits per heavy atom. The molecule has 0 saturated heterocycles. The fourth-order valence-electron chi connectivity index (χ4n) is 15.6. The van der Waals surface area contributed by atoms with Gasteiger partial charge in [-0.05, 0) is 249 Å². The molecule has 0 amide bonds. The normalized spacial score (nSPS) is 14.6. The summed E-state index contributed by atoms with van der Waals surface area (Å²) in [5.74, 6) is -0.0826. The first kappa shape index (κ1) is 64.2. The van der Waals surface area contributed by atoms with E-state index in [-0.39, 0.29) is 11.4 Å². The van der Waals surface area contributed by atoms with E-state index >= 15 is 17.6 Å². The van der Waals surface area contributed by atoms with E-state index in [0.717, 1.165) is 123 Å². The molecule has 0 N–H and O–H groups in total. The van der Waals surface area contributed by atoms with Crippen LogP contribution in [0.25, 0.3) is 45.5 Å². The fraction of sp³-hybridized carbons (Fsp3) is 0.0638. The summed E-state index contributed by atoms with van der Waals surface area (Å²) in [6, 6.07) is 98.1. The number of nitrogens with zero attached hydrogens (tertiary/aromatic N) is 2. The summed E-state index contributed by atoms with van der Waals surface area (Å²) in [7, 11) is 0. The smallest absolute Gasteiger partial charge is 0.150 e. The van der Waals surface area contributed by atoms with Crippen LogP contribution in [0.3, 0.4) is 0 Å². The van der Waals surface area contributed by atoms with Crippen LogP contribution in [0.1, 0.15) is 77.9 Å². The quantitative estimate of drug-likeness (QED) is 0.0849. The van der Waals surface area contributed by atoms with Crippen LogP contribution in [-0.2, 0) is 10.8 Å². The number of benzene rings is 14. The maximum absolute atomic E-state index is 16.8. The minimum Gasteiger partial charge on any atom is -0.457 e. The van der Waals surface area contributed by atoms with Crippen molar-refractivity contribution in [1.82, 2.24) is 0 Å². The summed E-state index contributed by atoms with van der Waals surface area (Å²) in [5, 5.41) is 0. The van der Waals surface area contributed by atoms with Crippen molar-refractivity contribution in [3.05, 3.63) is 418 Å². The lowest BCUT2D eigenvalue weighted by atomic mass is 9.66. The zero-order chi connectivity index (χ0) is 70.0. The first-order valence-corrected chi connectivity index (χ1v) is 34.1. The summed E-state index contributed by atoms with van der Waals surface area (Å²) in [6.07, 6.45) is 3.60. The molecule has 8 heteroatoms. The molecule has 0 aromatic heterocycles. The lowest BCUT2D eigenvalue weighted by Gasteiger charge is -2.36. The third kappa shape index (κ3) is 11.0. The number of halogens is 4. The maximum atomic E-state index is 16.8. The van der Waals surface area contributed by atoms with Crippen molar-refractivity contribution in [1.29, 1.82) is 0 Å². The van der Waals surface area contributed by atoms with E-state index in [1.807, 2.05) is 143 Å². The maximum Gasteiger partial charge on any atom is 0.150 e. The molecule has 0 bridgehead atoms. The molecule has 0 heterocycles. The molecule has 14 aromatic carbocycles. The first-order valence-electron chi connectivity index (χ1n) is 34.1. The zero-order valence-electron chi connectivity index (χ0n) is 56.7. The second-order valence-electron chi connectivity index (χ2n) is 26.4. The van der Waals surface area contributed by atoms with Gasteiger partial charge in [0.25, 0.3) is 0 Å². The zero-order valence-corrected chi connectivity index (χ0v) is 56.7. The number of aryl methyl sites for hydroxylation is 4. The molecule has 102 heavy (non-hydrogen) atoms. The highest BCUT2D eigenvalue weighted by Gasteiger charge is 2.49. The third-order valence-corrected chi connectivity index (χ3v) is 20.3. The van der Waals surface area contributed by atoms with Crippen LogP contribution in [0.2, 0.25) is 0 Å². The van der Waals surface area contributed by atoms with Crippen LogP contribution in [0.4, 0.5) is 51.7 Å². The molecule has 0 saturated carbocycles. The summed E-state index contributed by atoms with van der Waals surface area (Å²) in [6.45, 7) is 16.3. The Bertz CT molecular complexity index is 5250. The van der Waals surface area contributed by atoms with E-state index < -0.39 is 34.1 Å². The highest BCUT2D eigenvalue weighted by molar-refractivity contribution is 5.92. The topological polar surface area (TPSA) is 24.9 Å². The van der Waals surface area contributed by atoms with Gasteiger partial charge in [0.1, 0.15) is 46.3 Å². The summed E-state index contributed by atoms with van der Waals surface area (Å²) in [5.41, 5.74) is 21.9. The molecule has 0 radical (unpaired) electrons. The Labute approximate surface area is 592 Å². The Kier molecular flexibility index (Phi) is 16.3. The van der Waals surface area contributed by atoms with Gasteiger partial charge in [0.05, 0.1) is 22.2 Å². The highest BCUT2D eigenvalue weighted by Crippen LogP contribution is 2.61. The number of anilines is 6. The van der Waals surface area contributed by atoms with E-state index in [9.17, 15) is 0 Å². The SMILES string of the molecule is C=Cc1ccc(Oc2ccc(C3(c4cc(C)ccc4C)c4ccccc4-c4ccc(N(c5ccc(-c6ccc(N(c7ccc8c(c7)C(c7ccc(Oc9ccc(C=C)cc9)cc7)(c7cc(C)ccc7C)c7ccccc7-8)c7ccc(F)cc7F)cc6)cc5)c5ccc(F)cc5F)cc43)cc2)cc1. The van der Waals surface area contributed by atoms with Gasteiger partial charge in [0, 0.05) is 34.9 Å². The van der Waals surface area contributed by atoms with Crippen LogP contribution in [0.5, 0.6) is 23.0 Å². The van der Waals surface area contributed by atoms with Gasteiger partial charge in [-0.25, -0.2) is 17.6 Å². The summed E-state index contributed by atoms with van der Waals surface area (Å²) in [4.78, 5) is 3.70. The predicted octanol–water partition coefficient (Wildman–Crippen LogP) is 25.7. The van der Waals surface area contributed by atoms with Crippen LogP contribution in [0.15, 0.2) is 316 Å². The van der Waals surface area contributed by atoms with E-state index in [2.05, 4.69) is 174 Å². The van der Waals surface area contributed by atoms with Crippen molar-refractivity contribution in [2.45, 2.75) is 38.5 Å². The van der Waals surface area contributed by atoms with E-state index in [1.54, 1.807) is 12.2 Å². The van der Waals surface area contributed by atoms with E-state index in [1.165, 1.54) is 24.3 Å². The molecular formula is C94H68F4N2O2. The van der Waals surface area contributed by atoms with Crippen LogP contribution in [-0.4, -0.2) is 0 Å². The number of fused-ring (bicyclic) bond motifs is 6. The van der Waals surface area contributed by atoms with Crippen molar-refractivity contribution >= 4 is 46.3 Å². The second kappa shape index (κ2) is 26.0. The van der Waals surface area contributed by atoms with Crippen molar-refractivity contribution in [3.8, 4) is 56.4 Å². The second-order valence-corrected chi connectivity index (χ2v) is 26.4. The monoisotopic (exact) mass is 1330 g/mol. The van der Waals surface area contributed by atoms with Crippen molar-refractivity contribution in [3.63, 3.8) is 0 Å². The molecule has 494 valence electrons. The van der Waals surface area contributed by atoms with Gasteiger partial charge in [0.2, 0.25) is 0 Å². The van der Waals surface area contributed by atoms with Crippen LogP contribution in [0, 0.1) is 51.0 Å². The van der Waals surface area contributed by atoms with Gasteiger partial charge in [-0.3, -0.25) is 0 Å². The summed E-state index contributed by atoms with van der Waals surface area (Å²) < 4.78 is 76.6. The van der Waals surface area contributed by atoms with Gasteiger partial charge in [-0.15, -0.1) is 0 Å². The van der Waals surface area contributed by atoms with E-state index in [4.69, 9.17) is 9.47 Å². The van der Waals surface area contributed by atoms with Gasteiger partial charge < -0.3 is 19.3 Å². The molecule has 0 aliphatic heterocycles. The molecular weight excluding hydrogens is 1270 g/mol. The Morgan fingerprint density at radius 3 is 1.01 bits per heavy atom. The number of hydrogen-bond acceptors (Lipinski definition) is 4. The average Bonchev–Trinajstić information content (AvgIpc) is 1.53. The van der Waals surface area contributed by atoms with Gasteiger partial charge in [-0.2, -0.15) is 0 Å². The lowest BCUT2D eigenvalue weighted by Crippen LogP contribution is -2.30. The van der Waals surface area contributed by atoms with Gasteiger partial charge in [-0.1, -0.05) is 206 Å². The van der Waals surface area contributed by atoms with Crippen LogP contribution >= 0.6 is 0 Å². The molecule has 2 aliphatic rings. The van der Waals surface area contributed by atoms with Crippen molar-refractivity contribution in [2.75, 3.05) is 9.80 Å². The molecule has 0 fully saturated rings. The fourth-order valence-corrected chi connectivity index (χ4v) is 15.6. The number of rotatable bonds is 17. The first-order chi connectivity index (χ1) is 49.7. The summed E-state index contributed by atoms with van der Waals surface area (Å²) >= 11 is 0. The molecule has 0 spiro atoms. The van der Waals surface area contributed by atoms with Gasteiger partial charge in [0.15, 0.2) is 0 Å². The average molecular weight is 1330 g/mol. The minimum atomic E-state index is -0.857. The van der Waals surface area contributed by atoms with Crippen molar-refractivity contribution < 1.29 is 27.0 Å². The third-order valence-electron chi connectivity index (χ3n) is 20.3. The largest absolute Gasteiger partial charge is 0.457 e. The molecule has 2 aliphatic carbocycles. The standard InChI is InChI=1S/C94H68F4N2O2/c1-7-63-21-41-75(42-22-63)101-77-45-29-67(30-46-77)93(85-53-59(3)17-19-61(85)5)83-15-11-9-13-79(83)81-49-39-73(57-87(81)93)99(91-51-33-69(95)55-89(91)97)71-35-25-65(26-36-71)66-27-37-72(38-28-66)100(92-52-34-70(96)56-90(92)98)74-40-50-82-80-14-10-12-16-84(80)94(88(82)58-74,86-54-60(4)18-20-62(86)6)68-31-47-78(48-32-68)102-76-43-23-64(8-2)24-44-76/h7-58H,1-2H2,3-6H3. The van der Waals surface area contributed by atoms with Crippen molar-refractivity contribution in [2.24, 2.45) is 0 Å². The molecule has 2 atom stereocenters. The highest BCUT2D eigenvalue weighted by atomic mass is 19.1. The van der Waals surface area contributed by atoms with Crippen LogP contribution < -0.4 is 19.3 Å².